The molecule has 0 spiro atoms. The van der Waals surface area contributed by atoms with E-state index in [4.69, 9.17) is 4.74 Å². The van der Waals surface area contributed by atoms with Crippen molar-refractivity contribution in [1.29, 1.82) is 0 Å². The maximum absolute atomic E-state index is 12.3. The first-order valence-electron chi connectivity index (χ1n) is 7.19. The zero-order valence-corrected chi connectivity index (χ0v) is 14.4. The summed E-state index contributed by atoms with van der Waals surface area (Å²) in [5.74, 6) is -1.07. The van der Waals surface area contributed by atoms with Crippen molar-refractivity contribution in [3.63, 3.8) is 0 Å². The lowest BCUT2D eigenvalue weighted by molar-refractivity contribution is -0.156. The molecule has 0 saturated carbocycles. The molecule has 1 fully saturated rings. The smallest absolute Gasteiger partial charge is 0.326 e. The van der Waals surface area contributed by atoms with Gasteiger partial charge in [-0.25, -0.2) is 0 Å². The number of thioether (sulfide) groups is 1. The van der Waals surface area contributed by atoms with Crippen LogP contribution < -0.4 is 0 Å². The summed E-state index contributed by atoms with van der Waals surface area (Å²) in [5.41, 5.74) is 1.29. The summed E-state index contributed by atoms with van der Waals surface area (Å²) in [6.45, 7) is 6.80. The van der Waals surface area contributed by atoms with Crippen LogP contribution in [-0.2, 0) is 14.3 Å². The molecule has 23 heavy (non-hydrogen) atoms. The van der Waals surface area contributed by atoms with Crippen LogP contribution in [0.5, 0.6) is 0 Å². The minimum absolute atomic E-state index is 0.308. The molecule has 1 aliphatic rings. The third-order valence-electron chi connectivity index (χ3n) is 2.96. The Bertz CT molecular complexity index is 671. The molecule has 1 aromatic rings. The molecule has 0 aromatic heterocycles. The monoisotopic (exact) mass is 333 g/mol. The number of nitrogens with zero attached hydrogens (tertiary/aromatic N) is 1. The number of esters is 1. The molecule has 6 heteroatoms. The fourth-order valence-electron chi connectivity index (χ4n) is 1.95. The fourth-order valence-corrected chi connectivity index (χ4v) is 2.79. The number of imide groups is 1. The summed E-state index contributed by atoms with van der Waals surface area (Å²) in [4.78, 5) is 37.3. The predicted molar refractivity (Wildman–Crippen MR) is 89.7 cm³/mol. The molecule has 1 heterocycles. The number of benzene rings is 1. The van der Waals surface area contributed by atoms with Gasteiger partial charge in [0.2, 0.25) is 0 Å². The Morgan fingerprint density at radius 2 is 1.83 bits per heavy atom. The number of rotatable bonds is 3. The number of ether oxygens (including phenoxy) is 1. The van der Waals surface area contributed by atoms with Crippen LogP contribution in [0.3, 0.4) is 0 Å². The number of hydrogen-bond donors (Lipinski definition) is 0. The van der Waals surface area contributed by atoms with Gasteiger partial charge < -0.3 is 4.74 Å². The van der Waals surface area contributed by atoms with Gasteiger partial charge in [0.15, 0.2) is 0 Å². The van der Waals surface area contributed by atoms with Gasteiger partial charge in [-0.1, -0.05) is 29.8 Å². The van der Waals surface area contributed by atoms with E-state index in [1.54, 1.807) is 26.8 Å². The van der Waals surface area contributed by atoms with E-state index in [2.05, 4.69) is 0 Å². The van der Waals surface area contributed by atoms with Crippen LogP contribution >= 0.6 is 11.8 Å². The highest BCUT2D eigenvalue weighted by atomic mass is 32.2. The second kappa shape index (κ2) is 6.58. The van der Waals surface area contributed by atoms with Gasteiger partial charge in [-0.2, -0.15) is 0 Å². The van der Waals surface area contributed by atoms with Crippen molar-refractivity contribution >= 4 is 35.0 Å². The highest BCUT2D eigenvalue weighted by Crippen LogP contribution is 2.32. The molecule has 1 aromatic carbocycles. The zero-order valence-electron chi connectivity index (χ0n) is 13.6. The van der Waals surface area contributed by atoms with E-state index in [0.29, 0.717) is 4.91 Å². The van der Waals surface area contributed by atoms with Crippen molar-refractivity contribution < 1.29 is 19.1 Å². The summed E-state index contributed by atoms with van der Waals surface area (Å²) in [6, 6.07) is 7.60. The molecule has 0 radical (unpaired) electrons. The van der Waals surface area contributed by atoms with Crippen LogP contribution in [0.15, 0.2) is 29.2 Å². The Hall–Kier alpha value is -2.08. The topological polar surface area (TPSA) is 63.7 Å². The summed E-state index contributed by atoms with van der Waals surface area (Å²) in [6.07, 6.45) is 1.65. The average molecular weight is 333 g/mol. The first-order valence-corrected chi connectivity index (χ1v) is 8.01. The third-order valence-corrected chi connectivity index (χ3v) is 3.86. The fraction of sp³-hybridized carbons (Fsp3) is 0.353. The van der Waals surface area contributed by atoms with E-state index in [0.717, 1.165) is 27.8 Å². The van der Waals surface area contributed by atoms with E-state index in [9.17, 15) is 14.4 Å². The van der Waals surface area contributed by atoms with Gasteiger partial charge in [0, 0.05) is 0 Å². The van der Waals surface area contributed by atoms with Crippen LogP contribution in [0.4, 0.5) is 4.79 Å². The Labute approximate surface area is 139 Å². The molecule has 0 N–H and O–H groups in total. The van der Waals surface area contributed by atoms with Crippen molar-refractivity contribution in [2.24, 2.45) is 0 Å². The second-order valence-electron chi connectivity index (χ2n) is 6.26. The van der Waals surface area contributed by atoms with Gasteiger partial charge in [0.25, 0.3) is 11.1 Å². The number of hydrogen-bond acceptors (Lipinski definition) is 5. The largest absolute Gasteiger partial charge is 0.459 e. The van der Waals surface area contributed by atoms with Crippen molar-refractivity contribution in [2.45, 2.75) is 33.3 Å². The first kappa shape index (κ1) is 17.3. The molecular weight excluding hydrogens is 314 g/mol. The minimum Gasteiger partial charge on any atom is -0.459 e. The van der Waals surface area contributed by atoms with E-state index < -0.39 is 22.7 Å². The van der Waals surface area contributed by atoms with Crippen LogP contribution in [0.1, 0.15) is 31.9 Å². The first-order chi connectivity index (χ1) is 10.7. The summed E-state index contributed by atoms with van der Waals surface area (Å²) >= 11 is 0.832. The SMILES string of the molecule is Cc1ccc(/C=C2/SC(=O)N(CC(=O)OC(C)(C)C)C2=O)cc1. The van der Waals surface area contributed by atoms with Gasteiger partial charge in [-0.15, -0.1) is 0 Å². The molecule has 122 valence electrons. The second-order valence-corrected chi connectivity index (χ2v) is 7.26. The van der Waals surface area contributed by atoms with Gasteiger partial charge in [0.1, 0.15) is 12.1 Å². The van der Waals surface area contributed by atoms with Crippen LogP contribution in [0.25, 0.3) is 6.08 Å². The number of carbonyl (C=O) groups is 3. The Morgan fingerprint density at radius 1 is 1.22 bits per heavy atom. The van der Waals surface area contributed by atoms with Crippen LogP contribution in [-0.4, -0.2) is 34.2 Å². The Morgan fingerprint density at radius 3 is 2.39 bits per heavy atom. The molecule has 1 aliphatic heterocycles. The van der Waals surface area contributed by atoms with E-state index in [1.165, 1.54) is 0 Å². The summed E-state index contributed by atoms with van der Waals surface area (Å²) in [7, 11) is 0. The van der Waals surface area contributed by atoms with Gasteiger partial charge in [-0.05, 0) is 51.1 Å². The molecule has 0 atom stereocenters. The van der Waals surface area contributed by atoms with Crippen LogP contribution in [0.2, 0.25) is 0 Å². The van der Waals surface area contributed by atoms with E-state index in [1.807, 2.05) is 31.2 Å². The molecule has 2 rings (SSSR count). The lowest BCUT2D eigenvalue weighted by Gasteiger charge is -2.21. The molecule has 5 nitrogen and oxygen atoms in total. The number of amides is 2. The van der Waals surface area contributed by atoms with Crippen molar-refractivity contribution in [2.75, 3.05) is 6.54 Å². The van der Waals surface area contributed by atoms with Crippen molar-refractivity contribution in [3.05, 3.63) is 40.3 Å². The lowest BCUT2D eigenvalue weighted by atomic mass is 10.1. The lowest BCUT2D eigenvalue weighted by Crippen LogP contribution is -2.37. The normalized spacial score (nSPS) is 17.0. The summed E-state index contributed by atoms with van der Waals surface area (Å²) in [5, 5.41) is -0.459. The van der Waals surface area contributed by atoms with Gasteiger partial charge in [-0.3, -0.25) is 19.3 Å². The standard InChI is InChI=1S/C17H19NO4S/c1-11-5-7-12(8-6-11)9-13-15(20)18(16(21)23-13)10-14(19)22-17(2,3)4/h5-9H,10H2,1-4H3/b13-9+. The maximum atomic E-state index is 12.3. The number of carbonyl (C=O) groups excluding carboxylic acids is 3. The highest BCUT2D eigenvalue weighted by molar-refractivity contribution is 8.18. The average Bonchev–Trinajstić information content (AvgIpc) is 2.67. The molecule has 0 unspecified atom stereocenters. The number of aryl methyl sites for hydroxylation is 1. The molecule has 2 amide bonds. The molecule has 0 aliphatic carbocycles. The molecule has 1 saturated heterocycles. The summed E-state index contributed by atoms with van der Waals surface area (Å²) < 4.78 is 5.15. The van der Waals surface area contributed by atoms with Crippen molar-refractivity contribution in [3.8, 4) is 0 Å². The molecule has 0 bridgehead atoms. The van der Waals surface area contributed by atoms with E-state index >= 15 is 0 Å². The van der Waals surface area contributed by atoms with Crippen molar-refractivity contribution in [1.82, 2.24) is 4.90 Å². The van der Waals surface area contributed by atoms with E-state index in [-0.39, 0.29) is 6.54 Å². The van der Waals surface area contributed by atoms with Crippen LogP contribution in [0, 0.1) is 6.92 Å². The quantitative estimate of drug-likeness (QED) is 0.627. The van der Waals surface area contributed by atoms with Gasteiger partial charge in [0.05, 0.1) is 4.91 Å². The Kier molecular flexibility index (Phi) is 4.94. The zero-order chi connectivity index (χ0) is 17.2. The predicted octanol–water partition coefficient (Wildman–Crippen LogP) is 3.37. The Balaban J connectivity index is 2.10. The third kappa shape index (κ3) is 4.69. The highest BCUT2D eigenvalue weighted by Gasteiger charge is 2.37. The van der Waals surface area contributed by atoms with Gasteiger partial charge >= 0.3 is 5.97 Å². The molecular formula is C17H19NO4S. The minimum atomic E-state index is -0.656. The maximum Gasteiger partial charge on any atom is 0.326 e.